The lowest BCUT2D eigenvalue weighted by atomic mass is 9.95. The molecule has 0 unspecified atom stereocenters. The van der Waals surface area contributed by atoms with E-state index in [-0.39, 0.29) is 5.91 Å². The number of hydrogen-bond acceptors (Lipinski definition) is 4. The summed E-state index contributed by atoms with van der Waals surface area (Å²) in [5, 5.41) is 8.89. The molecule has 0 saturated heterocycles. The molecule has 0 fully saturated rings. The summed E-state index contributed by atoms with van der Waals surface area (Å²) >= 11 is 1.72. The number of nitrogens with zero attached hydrogens (tertiary/aromatic N) is 3. The van der Waals surface area contributed by atoms with Crippen molar-refractivity contribution >= 4 is 17.2 Å². The molecule has 1 aliphatic rings. The van der Waals surface area contributed by atoms with Crippen LogP contribution >= 0.6 is 11.3 Å². The van der Waals surface area contributed by atoms with Gasteiger partial charge >= 0.3 is 0 Å². The van der Waals surface area contributed by atoms with Gasteiger partial charge in [0.1, 0.15) is 5.82 Å². The van der Waals surface area contributed by atoms with Gasteiger partial charge in [0.2, 0.25) is 0 Å². The molecule has 20 heavy (non-hydrogen) atoms. The first-order chi connectivity index (χ1) is 9.65. The Morgan fingerprint density at radius 1 is 1.45 bits per heavy atom. The second-order valence-corrected chi connectivity index (χ2v) is 6.22. The van der Waals surface area contributed by atoms with Crippen molar-refractivity contribution in [2.75, 3.05) is 7.05 Å². The lowest BCUT2D eigenvalue weighted by molar-refractivity contribution is 0.0781. The van der Waals surface area contributed by atoms with Gasteiger partial charge in [-0.1, -0.05) is 0 Å². The molecule has 2 aromatic heterocycles. The van der Waals surface area contributed by atoms with Crippen LogP contribution in [0.2, 0.25) is 0 Å². The van der Waals surface area contributed by atoms with Gasteiger partial charge in [0.05, 0.1) is 12.1 Å². The number of thiophene rings is 1. The zero-order valence-corrected chi connectivity index (χ0v) is 12.6. The molecular formula is C14H18N4OS. The van der Waals surface area contributed by atoms with Crippen LogP contribution in [0, 0.1) is 6.92 Å². The molecule has 0 aromatic carbocycles. The fourth-order valence-corrected chi connectivity index (χ4v) is 3.74. The van der Waals surface area contributed by atoms with E-state index in [1.165, 1.54) is 23.3 Å². The Morgan fingerprint density at radius 3 is 3.00 bits per heavy atom. The summed E-state index contributed by atoms with van der Waals surface area (Å²) in [5.74, 6) is 1.50. The van der Waals surface area contributed by atoms with Crippen LogP contribution in [0.25, 0.3) is 0 Å². The van der Waals surface area contributed by atoms with E-state index >= 15 is 0 Å². The van der Waals surface area contributed by atoms with Crippen LogP contribution in [0.4, 0.5) is 0 Å². The minimum atomic E-state index is 0.0758. The minimum absolute atomic E-state index is 0.0758. The van der Waals surface area contributed by atoms with Crippen molar-refractivity contribution in [3.05, 3.63) is 33.0 Å². The quantitative estimate of drug-likeness (QED) is 0.943. The van der Waals surface area contributed by atoms with Crippen LogP contribution < -0.4 is 0 Å². The second kappa shape index (κ2) is 5.36. The first kappa shape index (κ1) is 13.3. The van der Waals surface area contributed by atoms with Crippen molar-refractivity contribution in [3.63, 3.8) is 0 Å². The number of fused-ring (bicyclic) bond motifs is 1. The maximum absolute atomic E-state index is 12.6. The van der Waals surface area contributed by atoms with Crippen molar-refractivity contribution in [3.8, 4) is 0 Å². The van der Waals surface area contributed by atoms with Gasteiger partial charge in [-0.05, 0) is 38.2 Å². The first-order valence-corrected chi connectivity index (χ1v) is 7.75. The van der Waals surface area contributed by atoms with Gasteiger partial charge in [0.25, 0.3) is 5.91 Å². The third-order valence-corrected chi connectivity index (χ3v) is 4.75. The number of aryl methyl sites for hydroxylation is 2. The van der Waals surface area contributed by atoms with Crippen LogP contribution in [0.5, 0.6) is 0 Å². The van der Waals surface area contributed by atoms with Gasteiger partial charge in [0.15, 0.2) is 5.82 Å². The lowest BCUT2D eigenvalue weighted by Gasteiger charge is -2.17. The predicted molar refractivity (Wildman–Crippen MR) is 77.9 cm³/mol. The Kier molecular flexibility index (Phi) is 3.56. The Balaban J connectivity index is 1.76. The number of hydrogen-bond donors (Lipinski definition) is 1. The number of aromatic nitrogens is 3. The molecule has 6 heteroatoms. The average molecular weight is 290 g/mol. The average Bonchev–Trinajstić information content (AvgIpc) is 3.04. The zero-order chi connectivity index (χ0) is 14.1. The third kappa shape index (κ3) is 2.47. The van der Waals surface area contributed by atoms with Crippen LogP contribution in [-0.4, -0.2) is 33.0 Å². The molecule has 2 heterocycles. The number of aromatic amines is 1. The van der Waals surface area contributed by atoms with E-state index in [1.54, 1.807) is 23.3 Å². The molecule has 0 aliphatic heterocycles. The summed E-state index contributed by atoms with van der Waals surface area (Å²) in [6, 6.07) is 0. The second-order valence-electron chi connectivity index (χ2n) is 5.26. The molecule has 106 valence electrons. The summed E-state index contributed by atoms with van der Waals surface area (Å²) in [7, 11) is 1.81. The number of H-pyrrole nitrogens is 1. The highest BCUT2D eigenvalue weighted by Crippen LogP contribution is 2.30. The standard InChI is InChI=1S/C14H18N4OS/c1-9-15-13(17-16-9)7-18(2)14(19)11-8-20-12-6-4-3-5-10(11)12/h8H,3-7H2,1-2H3,(H,15,16,17). The molecule has 1 aliphatic carbocycles. The van der Waals surface area contributed by atoms with Crippen molar-refractivity contribution in [2.45, 2.75) is 39.2 Å². The number of amides is 1. The molecule has 2 aromatic rings. The van der Waals surface area contributed by atoms with E-state index in [9.17, 15) is 4.79 Å². The topological polar surface area (TPSA) is 61.9 Å². The fraction of sp³-hybridized carbons (Fsp3) is 0.500. The summed E-state index contributed by atoms with van der Waals surface area (Å²) in [5.41, 5.74) is 2.14. The molecule has 0 radical (unpaired) electrons. The van der Waals surface area contributed by atoms with Gasteiger partial charge in [-0.25, -0.2) is 4.98 Å². The minimum Gasteiger partial charge on any atom is -0.334 e. The van der Waals surface area contributed by atoms with E-state index in [0.717, 1.165) is 24.2 Å². The van der Waals surface area contributed by atoms with Crippen molar-refractivity contribution in [2.24, 2.45) is 0 Å². The van der Waals surface area contributed by atoms with Crippen LogP contribution in [0.1, 0.15) is 45.3 Å². The Morgan fingerprint density at radius 2 is 2.25 bits per heavy atom. The number of nitrogens with one attached hydrogen (secondary N) is 1. The predicted octanol–water partition coefficient (Wildman–Crippen LogP) is 2.33. The normalized spacial score (nSPS) is 14.1. The molecule has 0 bridgehead atoms. The van der Waals surface area contributed by atoms with Crippen molar-refractivity contribution in [1.82, 2.24) is 20.1 Å². The number of carbonyl (C=O) groups is 1. The summed E-state index contributed by atoms with van der Waals surface area (Å²) < 4.78 is 0. The maximum Gasteiger partial charge on any atom is 0.255 e. The largest absolute Gasteiger partial charge is 0.334 e. The third-order valence-electron chi connectivity index (χ3n) is 3.66. The van der Waals surface area contributed by atoms with Gasteiger partial charge < -0.3 is 4.90 Å². The van der Waals surface area contributed by atoms with Gasteiger partial charge in [-0.2, -0.15) is 5.10 Å². The summed E-state index contributed by atoms with van der Waals surface area (Å²) in [6.45, 7) is 2.29. The van der Waals surface area contributed by atoms with E-state index in [2.05, 4.69) is 15.2 Å². The molecule has 0 saturated carbocycles. The molecule has 1 amide bonds. The van der Waals surface area contributed by atoms with Gasteiger partial charge in [0, 0.05) is 17.3 Å². The van der Waals surface area contributed by atoms with Crippen molar-refractivity contribution in [1.29, 1.82) is 0 Å². The Labute approximate surface area is 122 Å². The smallest absolute Gasteiger partial charge is 0.255 e. The summed E-state index contributed by atoms with van der Waals surface area (Å²) in [4.78, 5) is 19.9. The molecule has 3 rings (SSSR count). The van der Waals surface area contributed by atoms with Gasteiger partial charge in [-0.15, -0.1) is 11.3 Å². The van der Waals surface area contributed by atoms with E-state index in [1.807, 2.05) is 12.3 Å². The Hall–Kier alpha value is -1.69. The Bertz CT molecular complexity index is 631. The van der Waals surface area contributed by atoms with Crippen LogP contribution in [-0.2, 0) is 19.4 Å². The zero-order valence-electron chi connectivity index (χ0n) is 11.8. The molecule has 0 atom stereocenters. The van der Waals surface area contributed by atoms with Crippen molar-refractivity contribution < 1.29 is 4.79 Å². The number of carbonyl (C=O) groups excluding carboxylic acids is 1. The molecule has 0 spiro atoms. The van der Waals surface area contributed by atoms with Crippen LogP contribution in [0.3, 0.4) is 0 Å². The van der Waals surface area contributed by atoms with E-state index in [0.29, 0.717) is 12.4 Å². The lowest BCUT2D eigenvalue weighted by Crippen LogP contribution is -2.27. The first-order valence-electron chi connectivity index (χ1n) is 6.87. The summed E-state index contributed by atoms with van der Waals surface area (Å²) in [6.07, 6.45) is 4.59. The van der Waals surface area contributed by atoms with Crippen LogP contribution in [0.15, 0.2) is 5.38 Å². The maximum atomic E-state index is 12.6. The number of rotatable bonds is 3. The highest BCUT2D eigenvalue weighted by molar-refractivity contribution is 7.10. The highest BCUT2D eigenvalue weighted by Gasteiger charge is 2.22. The SMILES string of the molecule is Cc1nc(CN(C)C(=O)c2csc3c2CCCC3)n[nH]1. The van der Waals surface area contributed by atoms with E-state index in [4.69, 9.17) is 0 Å². The highest BCUT2D eigenvalue weighted by atomic mass is 32.1. The fourth-order valence-electron chi connectivity index (χ4n) is 2.62. The van der Waals surface area contributed by atoms with E-state index < -0.39 is 0 Å². The molecule has 5 nitrogen and oxygen atoms in total. The monoisotopic (exact) mass is 290 g/mol. The van der Waals surface area contributed by atoms with Gasteiger partial charge in [-0.3, -0.25) is 9.89 Å². The molecule has 1 N–H and O–H groups in total. The molecular weight excluding hydrogens is 272 g/mol.